The molecule has 3 rings (SSSR count). The first-order valence-electron chi connectivity index (χ1n) is 6.71. The molecule has 1 atom stereocenters. The average Bonchev–Trinajstić information content (AvgIpc) is 3.27. The molecule has 2 aromatic carbocycles. The molecule has 2 aromatic rings. The maximum Gasteiger partial charge on any atom is 0.149 e. The highest BCUT2D eigenvalue weighted by atomic mass is 79.9. The van der Waals surface area contributed by atoms with Crippen LogP contribution in [0.3, 0.4) is 0 Å². The van der Waals surface area contributed by atoms with Gasteiger partial charge in [-0.15, -0.1) is 0 Å². The summed E-state index contributed by atoms with van der Waals surface area (Å²) in [5.41, 5.74) is 1.14. The highest BCUT2D eigenvalue weighted by Crippen LogP contribution is 2.43. The quantitative estimate of drug-likeness (QED) is 0.721. The van der Waals surface area contributed by atoms with Gasteiger partial charge in [0.2, 0.25) is 0 Å². The summed E-state index contributed by atoms with van der Waals surface area (Å²) in [6, 6.07) is 8.32. The molecule has 0 radical (unpaired) electrons. The third-order valence-corrected chi connectivity index (χ3v) is 4.25. The maximum absolute atomic E-state index is 13.9. The Labute approximate surface area is 129 Å². The van der Waals surface area contributed by atoms with Gasteiger partial charge in [-0.05, 0) is 58.5 Å². The van der Waals surface area contributed by atoms with Gasteiger partial charge in [0.25, 0.3) is 0 Å². The van der Waals surface area contributed by atoms with Crippen LogP contribution in [0.2, 0.25) is 0 Å². The molecular formula is C16H13BrF3N. The summed E-state index contributed by atoms with van der Waals surface area (Å²) in [6.07, 6.45) is 2.08. The zero-order valence-corrected chi connectivity index (χ0v) is 12.6. The van der Waals surface area contributed by atoms with E-state index in [1.54, 1.807) is 12.1 Å². The van der Waals surface area contributed by atoms with Crippen LogP contribution in [0.4, 0.5) is 18.9 Å². The molecule has 0 bridgehead atoms. The first kappa shape index (κ1) is 14.4. The second kappa shape index (κ2) is 5.72. The van der Waals surface area contributed by atoms with Gasteiger partial charge >= 0.3 is 0 Å². The Balaban J connectivity index is 1.89. The molecule has 21 heavy (non-hydrogen) atoms. The van der Waals surface area contributed by atoms with Crippen molar-refractivity contribution in [2.45, 2.75) is 18.9 Å². The van der Waals surface area contributed by atoms with Crippen molar-refractivity contribution in [3.05, 3.63) is 63.9 Å². The maximum atomic E-state index is 13.9. The Morgan fingerprint density at radius 1 is 1.00 bits per heavy atom. The summed E-state index contributed by atoms with van der Waals surface area (Å²) in [7, 11) is 0. The summed E-state index contributed by atoms with van der Waals surface area (Å²) < 4.78 is 40.4. The largest absolute Gasteiger partial charge is 0.376 e. The van der Waals surface area contributed by atoms with Crippen LogP contribution in [-0.4, -0.2) is 0 Å². The summed E-state index contributed by atoms with van der Waals surface area (Å²) in [6.45, 7) is 0. The van der Waals surface area contributed by atoms with E-state index in [-0.39, 0.29) is 22.0 Å². The Morgan fingerprint density at radius 3 is 2.29 bits per heavy atom. The molecular weight excluding hydrogens is 343 g/mol. The molecule has 0 aromatic heterocycles. The lowest BCUT2D eigenvalue weighted by molar-refractivity contribution is 0.575. The molecule has 1 fully saturated rings. The van der Waals surface area contributed by atoms with Crippen molar-refractivity contribution < 1.29 is 13.2 Å². The summed E-state index contributed by atoms with van der Waals surface area (Å²) in [4.78, 5) is 0. The average molecular weight is 356 g/mol. The van der Waals surface area contributed by atoms with Crippen LogP contribution in [0.1, 0.15) is 24.4 Å². The van der Waals surface area contributed by atoms with Crippen molar-refractivity contribution >= 4 is 21.6 Å². The molecule has 1 aliphatic carbocycles. The van der Waals surface area contributed by atoms with Gasteiger partial charge in [-0.2, -0.15) is 0 Å². The fourth-order valence-corrected chi connectivity index (χ4v) is 2.72. The zero-order valence-electron chi connectivity index (χ0n) is 11.0. The summed E-state index contributed by atoms with van der Waals surface area (Å²) >= 11 is 3.06. The van der Waals surface area contributed by atoms with Gasteiger partial charge < -0.3 is 5.32 Å². The van der Waals surface area contributed by atoms with Crippen LogP contribution in [0.5, 0.6) is 0 Å². The van der Waals surface area contributed by atoms with Crippen LogP contribution in [0.15, 0.2) is 40.9 Å². The minimum absolute atomic E-state index is 0.0996. The van der Waals surface area contributed by atoms with E-state index in [0.29, 0.717) is 5.92 Å². The Bertz CT molecular complexity index is 653. The number of anilines is 1. The van der Waals surface area contributed by atoms with Crippen LogP contribution in [0.25, 0.3) is 0 Å². The van der Waals surface area contributed by atoms with Gasteiger partial charge in [0.05, 0.1) is 16.2 Å². The zero-order chi connectivity index (χ0) is 15.0. The first-order chi connectivity index (χ1) is 10.0. The second-order valence-corrected chi connectivity index (χ2v) is 6.11. The Morgan fingerprint density at radius 2 is 1.67 bits per heavy atom. The summed E-state index contributed by atoms with van der Waals surface area (Å²) in [5.74, 6) is -1.19. The van der Waals surface area contributed by atoms with Gasteiger partial charge in [-0.1, -0.05) is 12.1 Å². The van der Waals surface area contributed by atoms with Gasteiger partial charge in [-0.3, -0.25) is 0 Å². The van der Waals surface area contributed by atoms with Crippen molar-refractivity contribution in [1.29, 1.82) is 0 Å². The van der Waals surface area contributed by atoms with Crippen molar-refractivity contribution in [1.82, 2.24) is 0 Å². The van der Waals surface area contributed by atoms with Crippen molar-refractivity contribution in [3.8, 4) is 0 Å². The van der Waals surface area contributed by atoms with Crippen LogP contribution < -0.4 is 5.32 Å². The molecule has 0 amide bonds. The normalized spacial score (nSPS) is 15.8. The lowest BCUT2D eigenvalue weighted by Crippen LogP contribution is -2.14. The lowest BCUT2D eigenvalue weighted by atomic mass is 10.0. The Kier molecular flexibility index (Phi) is 3.93. The number of benzene rings is 2. The third kappa shape index (κ3) is 3.23. The smallest absolute Gasteiger partial charge is 0.149 e. The molecule has 1 unspecified atom stereocenters. The van der Waals surface area contributed by atoms with E-state index in [0.717, 1.165) is 24.5 Å². The van der Waals surface area contributed by atoms with Crippen LogP contribution in [0, 0.1) is 23.4 Å². The molecule has 1 saturated carbocycles. The molecule has 0 heterocycles. The van der Waals surface area contributed by atoms with E-state index in [9.17, 15) is 13.2 Å². The summed E-state index contributed by atoms with van der Waals surface area (Å²) in [5, 5.41) is 3.12. The number of nitrogens with one attached hydrogen (secondary N) is 1. The highest BCUT2D eigenvalue weighted by molar-refractivity contribution is 9.10. The first-order valence-corrected chi connectivity index (χ1v) is 7.50. The molecule has 0 spiro atoms. The van der Waals surface area contributed by atoms with Crippen molar-refractivity contribution in [3.63, 3.8) is 0 Å². The lowest BCUT2D eigenvalue weighted by Gasteiger charge is -2.21. The Hall–Kier alpha value is -1.49. The van der Waals surface area contributed by atoms with Crippen molar-refractivity contribution in [2.75, 3.05) is 5.32 Å². The van der Waals surface area contributed by atoms with E-state index in [1.165, 1.54) is 18.2 Å². The minimum Gasteiger partial charge on any atom is -0.376 e. The van der Waals surface area contributed by atoms with Crippen LogP contribution in [-0.2, 0) is 0 Å². The standard InChI is InChI=1S/C16H13BrF3N/c17-12-7-15(14(20)8-13(12)19)21-16(9-1-2-9)10-3-5-11(18)6-4-10/h3-9,16,21H,1-2H2. The predicted octanol–water partition coefficient (Wildman–Crippen LogP) is 5.43. The topological polar surface area (TPSA) is 12.0 Å². The van der Waals surface area contributed by atoms with Gasteiger partial charge in [0, 0.05) is 6.07 Å². The fourth-order valence-electron chi connectivity index (χ4n) is 2.37. The number of hydrogen-bond acceptors (Lipinski definition) is 1. The van der Waals surface area contributed by atoms with E-state index >= 15 is 0 Å². The molecule has 1 nitrogen and oxygen atoms in total. The predicted molar refractivity (Wildman–Crippen MR) is 79.5 cm³/mol. The van der Waals surface area contributed by atoms with Gasteiger partial charge in [-0.25, -0.2) is 13.2 Å². The number of hydrogen-bond donors (Lipinski definition) is 1. The second-order valence-electron chi connectivity index (χ2n) is 5.26. The van der Waals surface area contributed by atoms with E-state index in [2.05, 4.69) is 21.2 Å². The molecule has 0 aliphatic heterocycles. The highest BCUT2D eigenvalue weighted by Gasteiger charge is 2.32. The van der Waals surface area contributed by atoms with Gasteiger partial charge in [0.15, 0.2) is 0 Å². The monoisotopic (exact) mass is 355 g/mol. The molecule has 1 aliphatic rings. The minimum atomic E-state index is -0.636. The molecule has 0 saturated heterocycles. The third-order valence-electron chi connectivity index (χ3n) is 3.64. The number of rotatable bonds is 4. The molecule has 110 valence electrons. The van der Waals surface area contributed by atoms with E-state index < -0.39 is 11.6 Å². The fraction of sp³-hybridized carbons (Fsp3) is 0.250. The molecule has 5 heteroatoms. The van der Waals surface area contributed by atoms with Gasteiger partial charge in [0.1, 0.15) is 17.5 Å². The van der Waals surface area contributed by atoms with Crippen LogP contribution >= 0.6 is 15.9 Å². The number of halogens is 4. The SMILES string of the molecule is Fc1ccc(C(Nc2cc(Br)c(F)cc2F)C2CC2)cc1. The van der Waals surface area contributed by atoms with E-state index in [4.69, 9.17) is 0 Å². The molecule has 1 N–H and O–H groups in total. The van der Waals surface area contributed by atoms with Crippen molar-refractivity contribution in [2.24, 2.45) is 5.92 Å². The van der Waals surface area contributed by atoms with E-state index in [1.807, 2.05) is 0 Å².